The fourth-order valence-corrected chi connectivity index (χ4v) is 3.82. The molecule has 0 saturated carbocycles. The number of piperidine rings is 1. The van der Waals surface area contributed by atoms with Crippen LogP contribution < -0.4 is 10.2 Å². The maximum absolute atomic E-state index is 12.3. The van der Waals surface area contributed by atoms with E-state index in [4.69, 9.17) is 0 Å². The summed E-state index contributed by atoms with van der Waals surface area (Å²) in [6, 6.07) is 6.52. The molecule has 1 saturated heterocycles. The van der Waals surface area contributed by atoms with E-state index < -0.39 is 0 Å². The van der Waals surface area contributed by atoms with Crippen molar-refractivity contribution in [2.45, 2.75) is 45.3 Å². The predicted molar refractivity (Wildman–Crippen MR) is 96.2 cm³/mol. The molecule has 1 unspecified atom stereocenters. The molecule has 3 rings (SSSR count). The molecular formula is C19H29N3O2. The minimum Gasteiger partial charge on any atom is -0.393 e. The number of hydrogen-bond donors (Lipinski definition) is 2. The van der Waals surface area contributed by atoms with Gasteiger partial charge in [0.1, 0.15) is 0 Å². The molecule has 1 aromatic carbocycles. The molecule has 1 fully saturated rings. The molecule has 0 aliphatic carbocycles. The van der Waals surface area contributed by atoms with E-state index in [-0.39, 0.29) is 12.1 Å². The third kappa shape index (κ3) is 3.83. The lowest BCUT2D eigenvalue weighted by Crippen LogP contribution is -2.45. The van der Waals surface area contributed by atoms with E-state index in [2.05, 4.69) is 35.5 Å². The molecule has 132 valence electrons. The van der Waals surface area contributed by atoms with Crippen molar-refractivity contribution in [3.63, 3.8) is 0 Å². The Kier molecular flexibility index (Phi) is 5.29. The molecule has 2 aliphatic rings. The predicted octanol–water partition coefficient (Wildman–Crippen LogP) is 2.37. The summed E-state index contributed by atoms with van der Waals surface area (Å²) < 4.78 is 0. The van der Waals surface area contributed by atoms with Gasteiger partial charge in [-0.3, -0.25) is 0 Å². The maximum Gasteiger partial charge on any atom is 0.317 e. The van der Waals surface area contributed by atoms with Gasteiger partial charge < -0.3 is 20.2 Å². The second kappa shape index (κ2) is 7.43. The molecule has 0 bridgehead atoms. The van der Waals surface area contributed by atoms with Gasteiger partial charge in [-0.15, -0.1) is 0 Å². The maximum atomic E-state index is 12.3. The monoisotopic (exact) mass is 331 g/mol. The summed E-state index contributed by atoms with van der Waals surface area (Å²) in [6.07, 6.45) is 3.81. The number of hydrogen-bond acceptors (Lipinski definition) is 3. The van der Waals surface area contributed by atoms with Crippen molar-refractivity contribution in [2.24, 2.45) is 5.92 Å². The molecule has 0 spiro atoms. The fourth-order valence-electron chi connectivity index (χ4n) is 3.82. The third-order valence-electron chi connectivity index (χ3n) is 5.45. The Labute approximate surface area is 144 Å². The number of rotatable bonds is 3. The van der Waals surface area contributed by atoms with Crippen molar-refractivity contribution in [1.82, 2.24) is 10.2 Å². The second-order valence-electron chi connectivity index (χ2n) is 7.21. The van der Waals surface area contributed by atoms with Gasteiger partial charge in [0.25, 0.3) is 0 Å². The van der Waals surface area contributed by atoms with Gasteiger partial charge in [-0.2, -0.15) is 0 Å². The number of fused-ring (bicyclic) bond motifs is 1. The number of amides is 2. The Morgan fingerprint density at radius 1 is 1.33 bits per heavy atom. The molecule has 24 heavy (non-hydrogen) atoms. The van der Waals surface area contributed by atoms with Crippen LogP contribution in [0.4, 0.5) is 10.5 Å². The van der Waals surface area contributed by atoms with Crippen LogP contribution in [0.25, 0.3) is 0 Å². The zero-order valence-corrected chi connectivity index (χ0v) is 14.8. The quantitative estimate of drug-likeness (QED) is 0.894. The summed E-state index contributed by atoms with van der Waals surface area (Å²) in [5.74, 6) is 0.326. The van der Waals surface area contributed by atoms with Crippen molar-refractivity contribution in [3.05, 3.63) is 29.3 Å². The van der Waals surface area contributed by atoms with E-state index in [1.165, 1.54) is 17.7 Å². The van der Waals surface area contributed by atoms with Crippen LogP contribution in [0.3, 0.4) is 0 Å². The van der Waals surface area contributed by atoms with E-state index >= 15 is 0 Å². The summed E-state index contributed by atoms with van der Waals surface area (Å²) in [5, 5.41) is 12.7. The number of carbonyl (C=O) groups excluding carboxylic acids is 1. The van der Waals surface area contributed by atoms with Gasteiger partial charge in [0.2, 0.25) is 0 Å². The van der Waals surface area contributed by atoms with E-state index in [1.807, 2.05) is 11.8 Å². The molecule has 2 heterocycles. The number of aliphatic hydroxyl groups is 1. The van der Waals surface area contributed by atoms with Crippen LogP contribution in [0.2, 0.25) is 0 Å². The Bertz CT molecular complexity index is 580. The Morgan fingerprint density at radius 3 is 2.79 bits per heavy atom. The first kappa shape index (κ1) is 17.1. The summed E-state index contributed by atoms with van der Waals surface area (Å²) in [6.45, 7) is 5.00. The molecule has 0 aromatic heterocycles. The van der Waals surface area contributed by atoms with E-state index in [0.717, 1.165) is 44.5 Å². The van der Waals surface area contributed by atoms with Gasteiger partial charge in [0, 0.05) is 38.9 Å². The number of nitrogens with zero attached hydrogens (tertiary/aromatic N) is 2. The van der Waals surface area contributed by atoms with E-state index in [9.17, 15) is 9.90 Å². The van der Waals surface area contributed by atoms with Gasteiger partial charge >= 0.3 is 6.03 Å². The van der Waals surface area contributed by atoms with Crippen molar-refractivity contribution < 1.29 is 9.90 Å². The minimum absolute atomic E-state index is 0.00822. The molecular weight excluding hydrogens is 302 g/mol. The third-order valence-corrected chi connectivity index (χ3v) is 5.45. The normalized spacial score (nSPS) is 19.8. The van der Waals surface area contributed by atoms with Gasteiger partial charge in [-0.05, 0) is 55.7 Å². The number of carbonyl (C=O) groups is 1. The molecule has 5 nitrogen and oxygen atoms in total. The molecule has 2 N–H and O–H groups in total. The molecule has 1 aromatic rings. The average Bonchev–Trinajstić information content (AvgIpc) is 2.60. The lowest BCUT2D eigenvalue weighted by molar-refractivity contribution is 0.0798. The van der Waals surface area contributed by atoms with E-state index in [0.29, 0.717) is 12.5 Å². The number of nitrogens with one attached hydrogen (secondary N) is 1. The fraction of sp³-hybridized carbons (Fsp3) is 0.632. The van der Waals surface area contributed by atoms with Gasteiger partial charge in [0.05, 0.1) is 6.10 Å². The second-order valence-corrected chi connectivity index (χ2v) is 7.21. The molecule has 5 heteroatoms. The van der Waals surface area contributed by atoms with Gasteiger partial charge in [0.15, 0.2) is 0 Å². The first-order chi connectivity index (χ1) is 11.5. The largest absolute Gasteiger partial charge is 0.393 e. The van der Waals surface area contributed by atoms with Crippen LogP contribution in [-0.2, 0) is 13.0 Å². The summed E-state index contributed by atoms with van der Waals surface area (Å²) in [4.78, 5) is 16.5. The highest BCUT2D eigenvalue weighted by Gasteiger charge is 2.25. The summed E-state index contributed by atoms with van der Waals surface area (Å²) in [5.41, 5.74) is 3.86. The number of anilines is 1. The number of likely N-dealkylation sites (tertiary alicyclic amines) is 1. The Hall–Kier alpha value is -1.75. The van der Waals surface area contributed by atoms with Crippen LogP contribution in [0.15, 0.2) is 18.2 Å². The van der Waals surface area contributed by atoms with Crippen LogP contribution in [-0.4, -0.2) is 48.8 Å². The topological polar surface area (TPSA) is 55.8 Å². The minimum atomic E-state index is -0.274. The number of urea groups is 1. The zero-order chi connectivity index (χ0) is 17.1. The smallest absolute Gasteiger partial charge is 0.317 e. The highest BCUT2D eigenvalue weighted by Crippen LogP contribution is 2.26. The van der Waals surface area contributed by atoms with Gasteiger partial charge in [-0.25, -0.2) is 4.79 Å². The highest BCUT2D eigenvalue weighted by atomic mass is 16.3. The average molecular weight is 331 g/mol. The Balaban J connectivity index is 1.52. The number of aryl methyl sites for hydroxylation is 1. The number of benzene rings is 1. The van der Waals surface area contributed by atoms with Crippen LogP contribution >= 0.6 is 0 Å². The SMILES string of the molecule is CC(O)C1CCN(C(=O)NCc2ccc3c(c2)CCCN3C)CC1. The Morgan fingerprint density at radius 2 is 2.08 bits per heavy atom. The van der Waals surface area contributed by atoms with Crippen LogP contribution in [0.1, 0.15) is 37.3 Å². The molecule has 0 radical (unpaired) electrons. The zero-order valence-electron chi connectivity index (χ0n) is 14.8. The van der Waals surface area contributed by atoms with Crippen molar-refractivity contribution in [2.75, 3.05) is 31.6 Å². The molecule has 1 atom stereocenters. The molecule has 2 amide bonds. The summed E-state index contributed by atoms with van der Waals surface area (Å²) >= 11 is 0. The summed E-state index contributed by atoms with van der Waals surface area (Å²) in [7, 11) is 2.14. The first-order valence-electron chi connectivity index (χ1n) is 9.08. The lowest BCUT2D eigenvalue weighted by atomic mass is 9.92. The van der Waals surface area contributed by atoms with Crippen LogP contribution in [0, 0.1) is 5.92 Å². The standard InChI is InChI=1S/C19H29N3O2/c1-14(23)16-7-10-22(11-8-16)19(24)20-13-15-5-6-18-17(12-15)4-3-9-21(18)2/h5-6,12,14,16,23H,3-4,7-11,13H2,1-2H3,(H,20,24). The first-order valence-corrected chi connectivity index (χ1v) is 9.08. The van der Waals surface area contributed by atoms with Crippen molar-refractivity contribution in [3.8, 4) is 0 Å². The number of aliphatic hydroxyl groups excluding tert-OH is 1. The highest BCUT2D eigenvalue weighted by molar-refractivity contribution is 5.74. The van der Waals surface area contributed by atoms with Gasteiger partial charge in [-0.1, -0.05) is 12.1 Å². The van der Waals surface area contributed by atoms with E-state index in [1.54, 1.807) is 0 Å². The van der Waals surface area contributed by atoms with Crippen molar-refractivity contribution >= 4 is 11.7 Å². The van der Waals surface area contributed by atoms with Crippen LogP contribution in [0.5, 0.6) is 0 Å². The lowest BCUT2D eigenvalue weighted by Gasteiger charge is -2.33. The van der Waals surface area contributed by atoms with Crippen molar-refractivity contribution in [1.29, 1.82) is 0 Å². The molecule has 2 aliphatic heterocycles.